The first-order valence-electron chi connectivity index (χ1n) is 20.9. The quantitative estimate of drug-likeness (QED) is 0.288. The predicted molar refractivity (Wildman–Crippen MR) is 234 cm³/mol. The summed E-state index contributed by atoms with van der Waals surface area (Å²) in [4.78, 5) is 0. The van der Waals surface area contributed by atoms with Gasteiger partial charge < -0.3 is 27.9 Å². The lowest BCUT2D eigenvalue weighted by Crippen LogP contribution is -2.41. The Morgan fingerprint density at radius 3 is 1.15 bits per heavy atom. The van der Waals surface area contributed by atoms with Crippen molar-refractivity contribution in [3.63, 3.8) is 0 Å². The molecule has 2 aromatic carbocycles. The molecule has 2 aliphatic carbocycles. The zero-order valence-electron chi connectivity index (χ0n) is 36.2. The minimum absolute atomic E-state index is 0. The summed E-state index contributed by atoms with van der Waals surface area (Å²) >= 11 is 6.07. The molecule has 0 amide bonds. The molecule has 5 fully saturated rings. The lowest BCUT2D eigenvalue weighted by atomic mass is 9.49. The molecule has 10 heteroatoms. The van der Waals surface area contributed by atoms with Crippen molar-refractivity contribution in [3.8, 4) is 0 Å². The monoisotopic (exact) mass is 779 g/mol. The molecule has 0 spiro atoms. The van der Waals surface area contributed by atoms with E-state index in [-0.39, 0.29) is 48.2 Å². The molecule has 3 heterocycles. The normalized spacial score (nSPS) is 25.0. The zero-order chi connectivity index (χ0) is 39.9. The summed E-state index contributed by atoms with van der Waals surface area (Å²) in [5, 5.41) is 0.894. The fourth-order valence-electron chi connectivity index (χ4n) is 8.07. The van der Waals surface area contributed by atoms with Gasteiger partial charge in [0.25, 0.3) is 0 Å². The van der Waals surface area contributed by atoms with Crippen molar-refractivity contribution in [2.45, 2.75) is 214 Å². The molecule has 0 unspecified atom stereocenters. The van der Waals surface area contributed by atoms with Gasteiger partial charge in [0, 0.05) is 5.02 Å². The topological polar surface area (TPSA) is 55.4 Å². The van der Waals surface area contributed by atoms with E-state index in [4.69, 9.17) is 39.5 Å². The van der Waals surface area contributed by atoms with Crippen molar-refractivity contribution in [3.05, 3.63) is 63.7 Å². The van der Waals surface area contributed by atoms with Crippen molar-refractivity contribution < 1.29 is 27.9 Å². The van der Waals surface area contributed by atoms with Gasteiger partial charge in [-0.25, -0.2) is 0 Å². The van der Waals surface area contributed by atoms with Gasteiger partial charge in [-0.2, -0.15) is 0 Å². The first-order chi connectivity index (χ1) is 24.9. The molecule has 0 atom stereocenters. The Kier molecular flexibility index (Phi) is 14.8. The van der Waals surface area contributed by atoms with Crippen LogP contribution < -0.4 is 5.46 Å². The van der Waals surface area contributed by atoms with Crippen molar-refractivity contribution >= 4 is 38.2 Å². The molecule has 6 nitrogen and oxygen atoms in total. The van der Waals surface area contributed by atoms with Crippen LogP contribution in [0.25, 0.3) is 0 Å². The highest BCUT2D eigenvalue weighted by atomic mass is 35.5. The largest absolute Gasteiger partial charge is 0.494 e. The SMILES string of the molecule is C.CC1(C)OB(B2OC(C)(C)C(C)(C)O2)OC1(C)C.Cc1cc(B2OC(C)(C)C(C)(C)O2)cc(C2CCCCC2)c1.Cc1cc(Cl)cc(C2CCCCC2)c1. The first-order valence-corrected chi connectivity index (χ1v) is 21.3. The number of hydrogen-bond acceptors (Lipinski definition) is 6. The summed E-state index contributed by atoms with van der Waals surface area (Å²) in [6, 6.07) is 13.4. The molecule has 0 N–H and O–H groups in total. The van der Waals surface area contributed by atoms with Gasteiger partial charge in [0.1, 0.15) is 0 Å². The van der Waals surface area contributed by atoms with Crippen LogP contribution in [-0.4, -0.2) is 54.7 Å². The molecule has 306 valence electrons. The van der Waals surface area contributed by atoms with Crippen molar-refractivity contribution in [2.24, 2.45) is 0 Å². The molecular formula is C45H74B3ClO6. The molecule has 0 radical (unpaired) electrons. The lowest BCUT2D eigenvalue weighted by molar-refractivity contribution is 0.00578. The molecular weight excluding hydrogens is 704 g/mol. The van der Waals surface area contributed by atoms with Crippen LogP contribution in [0.1, 0.15) is 189 Å². The van der Waals surface area contributed by atoms with E-state index in [0.717, 1.165) is 16.9 Å². The fourth-order valence-corrected chi connectivity index (χ4v) is 8.36. The van der Waals surface area contributed by atoms with E-state index >= 15 is 0 Å². The van der Waals surface area contributed by atoms with Gasteiger partial charge in [0.05, 0.1) is 33.6 Å². The van der Waals surface area contributed by atoms with Crippen molar-refractivity contribution in [1.29, 1.82) is 0 Å². The Labute approximate surface area is 342 Å². The van der Waals surface area contributed by atoms with Crippen LogP contribution in [0.4, 0.5) is 0 Å². The second-order valence-corrected chi connectivity index (χ2v) is 20.2. The van der Waals surface area contributed by atoms with Crippen LogP contribution in [0, 0.1) is 13.8 Å². The molecule has 0 aromatic heterocycles. The second kappa shape index (κ2) is 17.5. The van der Waals surface area contributed by atoms with Crippen LogP contribution in [0.15, 0.2) is 36.4 Å². The summed E-state index contributed by atoms with van der Waals surface area (Å²) in [7, 11) is -1.20. The van der Waals surface area contributed by atoms with Gasteiger partial charge >= 0.3 is 21.1 Å². The maximum Gasteiger partial charge on any atom is 0.494 e. The number of benzene rings is 2. The van der Waals surface area contributed by atoms with Gasteiger partial charge in [-0.3, -0.25) is 0 Å². The highest BCUT2D eigenvalue weighted by Crippen LogP contribution is 2.43. The maximum atomic E-state index is 6.23. The summed E-state index contributed by atoms with van der Waals surface area (Å²) in [6.07, 6.45) is 13.7. The number of hydrogen-bond donors (Lipinski definition) is 0. The average molecular weight is 779 g/mol. The Bertz CT molecular complexity index is 1480. The van der Waals surface area contributed by atoms with E-state index in [1.54, 1.807) is 0 Å². The third-order valence-corrected chi connectivity index (χ3v) is 13.8. The van der Waals surface area contributed by atoms with Gasteiger partial charge in [0.15, 0.2) is 0 Å². The van der Waals surface area contributed by atoms with E-state index in [1.807, 2.05) is 61.5 Å². The molecule has 5 aliphatic rings. The van der Waals surface area contributed by atoms with Gasteiger partial charge in [0.2, 0.25) is 0 Å². The average Bonchev–Trinajstić information content (AvgIpc) is 3.54. The minimum atomic E-state index is -0.476. The predicted octanol–water partition coefficient (Wildman–Crippen LogP) is 11.9. The minimum Gasteiger partial charge on any atom is -0.405 e. The summed E-state index contributed by atoms with van der Waals surface area (Å²) in [5.41, 5.74) is 4.73. The van der Waals surface area contributed by atoms with E-state index in [0.29, 0.717) is 0 Å². The zero-order valence-corrected chi connectivity index (χ0v) is 37.0. The highest BCUT2D eigenvalue weighted by Gasteiger charge is 2.63. The summed E-state index contributed by atoms with van der Waals surface area (Å²) in [5.74, 6) is 1.48. The highest BCUT2D eigenvalue weighted by molar-refractivity contribution is 7.11. The number of rotatable bonds is 4. The maximum absolute atomic E-state index is 6.23. The van der Waals surface area contributed by atoms with Crippen molar-refractivity contribution in [1.82, 2.24) is 0 Å². The van der Waals surface area contributed by atoms with Crippen LogP contribution in [0.2, 0.25) is 5.02 Å². The van der Waals surface area contributed by atoms with Crippen LogP contribution >= 0.6 is 11.6 Å². The Hall–Kier alpha value is -1.32. The Morgan fingerprint density at radius 1 is 0.455 bits per heavy atom. The first kappa shape index (κ1) is 46.4. The van der Waals surface area contributed by atoms with Gasteiger partial charge in [-0.15, -0.1) is 0 Å². The number of halogens is 1. The van der Waals surface area contributed by atoms with Gasteiger partial charge in [-0.05, 0) is 169 Å². The van der Waals surface area contributed by atoms with E-state index in [9.17, 15) is 0 Å². The molecule has 7 rings (SSSR count). The smallest absolute Gasteiger partial charge is 0.405 e. The standard InChI is InChI=1S/C19H29BO2.C13H17Cl.C12H24B2O4.CH4/c1-14-11-16(15-9-7-6-8-10-15)13-17(12-14)20-21-18(2,3)19(4,5)22-20;1-10-7-12(9-13(14)8-10)11-5-3-2-4-6-11;1-9(2)10(3,4)16-13(15-9)14-17-11(5,6)12(7,8)18-14;/h11-13,15H,6-10H2,1-5H3;7-9,11H,2-6H2,1H3;1-8H3;1H4. The van der Waals surface area contributed by atoms with E-state index < -0.39 is 14.0 Å². The van der Waals surface area contributed by atoms with Crippen molar-refractivity contribution in [2.75, 3.05) is 0 Å². The molecule has 0 bridgehead atoms. The Balaban J connectivity index is 0.000000186. The van der Waals surface area contributed by atoms with E-state index in [1.165, 1.54) is 91.9 Å². The summed E-state index contributed by atoms with van der Waals surface area (Å²) < 4.78 is 36.3. The molecule has 2 aromatic rings. The summed E-state index contributed by atoms with van der Waals surface area (Å²) in [6.45, 7) is 29.0. The third-order valence-electron chi connectivity index (χ3n) is 13.6. The molecule has 3 aliphatic heterocycles. The molecule has 2 saturated carbocycles. The van der Waals surface area contributed by atoms with E-state index in [2.05, 4.69) is 71.9 Å². The number of aryl methyl sites for hydroxylation is 2. The fraction of sp³-hybridized carbons (Fsp3) is 0.733. The van der Waals surface area contributed by atoms with Crippen LogP contribution in [0.3, 0.4) is 0 Å². The Morgan fingerprint density at radius 2 is 0.782 bits per heavy atom. The lowest BCUT2D eigenvalue weighted by Gasteiger charge is -2.32. The van der Waals surface area contributed by atoms with Crippen LogP contribution in [-0.2, 0) is 27.9 Å². The molecule has 3 saturated heterocycles. The van der Waals surface area contributed by atoms with Gasteiger partial charge in [-0.1, -0.05) is 87.4 Å². The third kappa shape index (κ3) is 10.9. The second-order valence-electron chi connectivity index (χ2n) is 19.7. The van der Waals surface area contributed by atoms with Crippen LogP contribution in [0.5, 0.6) is 0 Å². The molecule has 55 heavy (non-hydrogen) atoms.